The molecule has 9 nitrogen and oxygen atoms in total. The van der Waals surface area contributed by atoms with Gasteiger partial charge in [0.1, 0.15) is 18.2 Å². The SMILES string of the molecule is CC(C)n1c(/C=C/[C@@H](O)C[C@@H](O)CC(=O)Oc2ccccc2CO[N+](=O)[O-])c(-c2ccc(F)cc2)c2ccccc21. The van der Waals surface area contributed by atoms with Crippen LogP contribution in [0.2, 0.25) is 0 Å². The van der Waals surface area contributed by atoms with E-state index in [1.54, 1.807) is 36.4 Å². The van der Waals surface area contributed by atoms with Crippen LogP contribution in [0.3, 0.4) is 0 Å². The number of nitrogens with zero attached hydrogens (tertiary/aromatic N) is 2. The van der Waals surface area contributed by atoms with Crippen molar-refractivity contribution in [1.82, 2.24) is 4.57 Å². The molecule has 0 spiro atoms. The predicted octanol–water partition coefficient (Wildman–Crippen LogP) is 5.86. The van der Waals surface area contributed by atoms with Gasteiger partial charge in [0.05, 0.1) is 18.6 Å². The lowest BCUT2D eigenvalue weighted by Crippen LogP contribution is -2.22. The Morgan fingerprint density at radius 1 is 1.05 bits per heavy atom. The number of ether oxygens (including phenoxy) is 1. The highest BCUT2D eigenvalue weighted by atomic mass is 19.1. The summed E-state index contributed by atoms with van der Waals surface area (Å²) in [7, 11) is 0. The summed E-state index contributed by atoms with van der Waals surface area (Å²) in [6, 6.07) is 20.4. The van der Waals surface area contributed by atoms with Crippen LogP contribution in [0.15, 0.2) is 78.9 Å². The molecule has 0 saturated heterocycles. The first-order chi connectivity index (χ1) is 19.6. The van der Waals surface area contributed by atoms with Gasteiger partial charge in [-0.25, -0.2) is 4.39 Å². The monoisotopic (exact) mass is 562 g/mol. The summed E-state index contributed by atoms with van der Waals surface area (Å²) in [5.74, 6) is -1.02. The highest BCUT2D eigenvalue weighted by Crippen LogP contribution is 2.38. The van der Waals surface area contributed by atoms with E-state index in [2.05, 4.69) is 9.40 Å². The van der Waals surface area contributed by atoms with Crippen molar-refractivity contribution in [2.24, 2.45) is 0 Å². The van der Waals surface area contributed by atoms with Crippen LogP contribution >= 0.6 is 0 Å². The van der Waals surface area contributed by atoms with E-state index in [1.165, 1.54) is 24.3 Å². The normalized spacial score (nSPS) is 13.0. The molecule has 4 rings (SSSR count). The van der Waals surface area contributed by atoms with E-state index in [0.29, 0.717) is 5.56 Å². The molecule has 2 atom stereocenters. The van der Waals surface area contributed by atoms with Crippen LogP contribution in [0.4, 0.5) is 4.39 Å². The average Bonchev–Trinajstić information content (AvgIpc) is 3.26. The van der Waals surface area contributed by atoms with Crippen molar-refractivity contribution in [2.75, 3.05) is 0 Å². The zero-order valence-electron chi connectivity index (χ0n) is 22.6. The summed E-state index contributed by atoms with van der Waals surface area (Å²) in [4.78, 5) is 27.3. The zero-order valence-corrected chi connectivity index (χ0v) is 22.6. The Kier molecular flexibility index (Phi) is 9.49. The Morgan fingerprint density at radius 2 is 1.73 bits per heavy atom. The van der Waals surface area contributed by atoms with E-state index in [-0.39, 0.29) is 24.0 Å². The van der Waals surface area contributed by atoms with Gasteiger partial charge in [-0.1, -0.05) is 54.6 Å². The minimum Gasteiger partial charge on any atom is -0.426 e. The van der Waals surface area contributed by atoms with Gasteiger partial charge in [0.2, 0.25) is 0 Å². The highest BCUT2D eigenvalue weighted by Gasteiger charge is 2.20. The summed E-state index contributed by atoms with van der Waals surface area (Å²) in [6.07, 6.45) is 0.502. The van der Waals surface area contributed by atoms with Crippen molar-refractivity contribution in [1.29, 1.82) is 0 Å². The number of halogens is 1. The van der Waals surface area contributed by atoms with Gasteiger partial charge in [0.15, 0.2) is 0 Å². The van der Waals surface area contributed by atoms with Crippen molar-refractivity contribution < 1.29 is 34.1 Å². The highest BCUT2D eigenvalue weighted by molar-refractivity contribution is 6.01. The van der Waals surface area contributed by atoms with E-state index in [4.69, 9.17) is 4.74 Å². The maximum atomic E-state index is 13.7. The van der Waals surface area contributed by atoms with Crippen LogP contribution in [0.1, 0.15) is 44.0 Å². The topological polar surface area (TPSA) is 124 Å². The van der Waals surface area contributed by atoms with Gasteiger partial charge in [-0.2, -0.15) is 0 Å². The molecule has 0 bridgehead atoms. The average molecular weight is 563 g/mol. The van der Waals surface area contributed by atoms with Gasteiger partial charge in [0, 0.05) is 40.2 Å². The Labute approximate surface area is 236 Å². The molecule has 0 amide bonds. The number of benzene rings is 3. The number of carbonyl (C=O) groups excluding carboxylic acids is 1. The van der Waals surface area contributed by atoms with E-state index < -0.39 is 36.3 Å². The molecule has 0 fully saturated rings. The molecule has 4 aromatic rings. The molecule has 0 radical (unpaired) electrons. The van der Waals surface area contributed by atoms with E-state index in [0.717, 1.165) is 27.7 Å². The van der Waals surface area contributed by atoms with Crippen molar-refractivity contribution in [3.8, 4) is 16.9 Å². The third-order valence-corrected chi connectivity index (χ3v) is 6.51. The fourth-order valence-corrected chi connectivity index (χ4v) is 4.77. The predicted molar refractivity (Wildman–Crippen MR) is 152 cm³/mol. The zero-order chi connectivity index (χ0) is 29.5. The number of carbonyl (C=O) groups is 1. The molecule has 0 aliphatic heterocycles. The second-order valence-electron chi connectivity index (χ2n) is 9.85. The first-order valence-corrected chi connectivity index (χ1v) is 13.1. The van der Waals surface area contributed by atoms with Crippen LogP contribution in [0, 0.1) is 15.9 Å². The molecule has 10 heteroatoms. The fraction of sp³-hybridized carbons (Fsp3) is 0.258. The maximum absolute atomic E-state index is 13.7. The fourth-order valence-electron chi connectivity index (χ4n) is 4.77. The standard InChI is InChI=1S/C31H31FN2O7/c1-20(2)33-27-9-5-4-8-26(27)31(21-11-13-23(32)14-12-21)28(33)16-15-24(35)17-25(36)18-30(37)41-29-10-6-3-7-22(29)19-40-34(38)39/h3-16,20,24-25,35-36H,17-19H2,1-2H3/b16-15+/t24-,25-/m1/s1. The lowest BCUT2D eigenvalue weighted by Gasteiger charge is -2.15. The molecule has 0 saturated carbocycles. The Balaban J connectivity index is 1.49. The van der Waals surface area contributed by atoms with Gasteiger partial charge in [0.25, 0.3) is 5.09 Å². The Hall–Kier alpha value is -4.54. The Morgan fingerprint density at radius 3 is 2.44 bits per heavy atom. The maximum Gasteiger partial charge on any atom is 0.313 e. The van der Waals surface area contributed by atoms with E-state index >= 15 is 0 Å². The number of aromatic nitrogens is 1. The molecule has 0 aliphatic rings. The molecule has 3 aromatic carbocycles. The number of esters is 1. The quantitative estimate of drug-likeness (QED) is 0.0960. The molecular weight excluding hydrogens is 531 g/mol. The molecule has 0 aliphatic carbocycles. The van der Waals surface area contributed by atoms with Crippen LogP contribution < -0.4 is 4.74 Å². The second-order valence-corrected chi connectivity index (χ2v) is 9.85. The van der Waals surface area contributed by atoms with Gasteiger partial charge < -0.3 is 24.4 Å². The summed E-state index contributed by atoms with van der Waals surface area (Å²) in [5, 5.41) is 31.7. The van der Waals surface area contributed by atoms with Gasteiger partial charge in [-0.3, -0.25) is 4.79 Å². The summed E-state index contributed by atoms with van der Waals surface area (Å²) in [6.45, 7) is 3.70. The Bertz CT molecular complexity index is 1550. The molecule has 0 unspecified atom stereocenters. The first kappa shape index (κ1) is 29.4. The van der Waals surface area contributed by atoms with Gasteiger partial charge in [-0.15, -0.1) is 10.1 Å². The van der Waals surface area contributed by atoms with Crippen LogP contribution in [0.25, 0.3) is 28.1 Å². The van der Waals surface area contributed by atoms with Crippen molar-refractivity contribution in [3.63, 3.8) is 0 Å². The van der Waals surface area contributed by atoms with Crippen LogP contribution in [0.5, 0.6) is 5.75 Å². The molecule has 214 valence electrons. The summed E-state index contributed by atoms with van der Waals surface area (Å²) >= 11 is 0. The van der Waals surface area contributed by atoms with Gasteiger partial charge >= 0.3 is 5.97 Å². The smallest absolute Gasteiger partial charge is 0.313 e. The van der Waals surface area contributed by atoms with Crippen molar-refractivity contribution in [3.05, 3.63) is 106 Å². The molecule has 1 heterocycles. The third kappa shape index (κ3) is 7.36. The molecule has 1 aromatic heterocycles. The second kappa shape index (κ2) is 13.2. The largest absolute Gasteiger partial charge is 0.426 e. The number of aliphatic hydroxyl groups is 2. The first-order valence-electron chi connectivity index (χ1n) is 13.1. The van der Waals surface area contributed by atoms with Crippen LogP contribution in [-0.4, -0.2) is 38.0 Å². The molecule has 2 N–H and O–H groups in total. The van der Waals surface area contributed by atoms with Gasteiger partial charge in [-0.05, 0) is 49.8 Å². The summed E-state index contributed by atoms with van der Waals surface area (Å²) in [5.41, 5.74) is 3.81. The minimum atomic E-state index is -1.21. The van der Waals surface area contributed by atoms with Crippen molar-refractivity contribution in [2.45, 2.75) is 51.5 Å². The lowest BCUT2D eigenvalue weighted by molar-refractivity contribution is -0.763. The van der Waals surface area contributed by atoms with Crippen LogP contribution in [-0.2, 0) is 16.2 Å². The number of aliphatic hydroxyl groups excluding tert-OH is 2. The molecule has 41 heavy (non-hydrogen) atoms. The minimum absolute atomic E-state index is 0.0740. The number of hydrogen-bond acceptors (Lipinski definition) is 7. The number of fused-ring (bicyclic) bond motifs is 1. The van der Waals surface area contributed by atoms with E-state index in [9.17, 15) is 29.5 Å². The summed E-state index contributed by atoms with van der Waals surface area (Å²) < 4.78 is 21.1. The number of rotatable bonds is 12. The lowest BCUT2D eigenvalue weighted by atomic mass is 10.0. The number of para-hydroxylation sites is 2. The van der Waals surface area contributed by atoms with Crippen molar-refractivity contribution >= 4 is 22.9 Å². The third-order valence-electron chi connectivity index (χ3n) is 6.51. The van der Waals surface area contributed by atoms with E-state index in [1.807, 2.05) is 38.1 Å². The number of hydrogen-bond donors (Lipinski definition) is 2. The molecular formula is C31H31FN2O7.